The summed E-state index contributed by atoms with van der Waals surface area (Å²) in [4.78, 5) is 11.9. The van der Waals surface area contributed by atoms with Crippen molar-refractivity contribution in [1.29, 1.82) is 0 Å². The van der Waals surface area contributed by atoms with Crippen LogP contribution in [0.2, 0.25) is 0 Å². The summed E-state index contributed by atoms with van der Waals surface area (Å²) in [6.45, 7) is -0.0807. The van der Waals surface area contributed by atoms with Crippen LogP contribution in [-0.2, 0) is 0 Å². The molecule has 0 saturated carbocycles. The largest absolute Gasteiger partial charge is 0.389 e. The van der Waals surface area contributed by atoms with Gasteiger partial charge in [-0.2, -0.15) is 13.2 Å². The molecular weight excluding hydrogens is 288 g/mol. The van der Waals surface area contributed by atoms with E-state index in [4.69, 9.17) is 5.73 Å². The van der Waals surface area contributed by atoms with E-state index < -0.39 is 24.3 Å². The second kappa shape index (κ2) is 7.64. The number of carbonyl (C=O) groups excluding carboxylic acids is 1. The molecule has 7 heteroatoms. The molecule has 0 radical (unpaired) electrons. The van der Waals surface area contributed by atoms with Gasteiger partial charge in [0.15, 0.2) is 0 Å². The molecule has 3 N–H and O–H groups in total. The number of carbonyl (C=O) groups is 1. The molecule has 1 aromatic rings. The Balaban J connectivity index is 2.69. The first-order valence-corrected chi connectivity index (χ1v) is 6.17. The third-order valence-corrected chi connectivity index (χ3v) is 2.47. The van der Waals surface area contributed by atoms with Crippen molar-refractivity contribution in [2.75, 3.05) is 13.1 Å². The number of benzene rings is 1. The van der Waals surface area contributed by atoms with Crippen molar-refractivity contribution < 1.29 is 22.4 Å². The van der Waals surface area contributed by atoms with E-state index in [1.165, 1.54) is 6.07 Å². The third kappa shape index (κ3) is 6.27. The van der Waals surface area contributed by atoms with Crippen LogP contribution in [0.15, 0.2) is 18.2 Å². The van der Waals surface area contributed by atoms with Crippen LogP contribution in [0, 0.1) is 17.7 Å². The first-order chi connectivity index (χ1) is 9.83. The number of hydrogen-bond donors (Lipinski definition) is 2. The molecule has 1 aromatic carbocycles. The fourth-order valence-corrected chi connectivity index (χ4v) is 1.55. The molecule has 114 valence electrons. The third-order valence-electron chi connectivity index (χ3n) is 2.47. The Bertz CT molecular complexity index is 558. The molecule has 0 aliphatic rings. The van der Waals surface area contributed by atoms with Gasteiger partial charge in [0.25, 0.3) is 5.91 Å². The number of nitrogens with one attached hydrogen (secondary N) is 1. The zero-order valence-electron chi connectivity index (χ0n) is 11.1. The van der Waals surface area contributed by atoms with Crippen LogP contribution in [0.5, 0.6) is 0 Å². The van der Waals surface area contributed by atoms with Crippen LogP contribution >= 0.6 is 0 Å². The Labute approximate surface area is 119 Å². The molecule has 0 fully saturated rings. The molecule has 0 bridgehead atoms. The van der Waals surface area contributed by atoms with Crippen LogP contribution in [0.25, 0.3) is 0 Å². The molecule has 0 heterocycles. The second-order valence-corrected chi connectivity index (χ2v) is 4.17. The lowest BCUT2D eigenvalue weighted by Gasteiger charge is -2.08. The van der Waals surface area contributed by atoms with Gasteiger partial charge >= 0.3 is 6.18 Å². The van der Waals surface area contributed by atoms with Crippen molar-refractivity contribution in [3.05, 3.63) is 35.1 Å². The number of amides is 1. The van der Waals surface area contributed by atoms with Gasteiger partial charge in [0.1, 0.15) is 5.82 Å². The summed E-state index contributed by atoms with van der Waals surface area (Å²) in [5, 5.41) is 2.35. The van der Waals surface area contributed by atoms with Crippen LogP contribution in [0.1, 0.15) is 28.8 Å². The van der Waals surface area contributed by atoms with Gasteiger partial charge in [0.05, 0.1) is 12.1 Å². The highest BCUT2D eigenvalue weighted by molar-refractivity contribution is 5.96. The highest BCUT2D eigenvalue weighted by atomic mass is 19.4. The quantitative estimate of drug-likeness (QED) is 0.509. The lowest BCUT2D eigenvalue weighted by atomic mass is 10.1. The second-order valence-electron chi connectivity index (χ2n) is 4.17. The van der Waals surface area contributed by atoms with Crippen molar-refractivity contribution in [3.8, 4) is 11.8 Å². The molecule has 0 aromatic heterocycles. The Hall–Kier alpha value is -2.07. The summed E-state index contributed by atoms with van der Waals surface area (Å²) in [6.07, 6.45) is -5.45. The minimum atomic E-state index is -4.25. The van der Waals surface area contributed by atoms with Gasteiger partial charge < -0.3 is 11.1 Å². The molecule has 0 spiro atoms. The van der Waals surface area contributed by atoms with E-state index in [1.54, 1.807) is 0 Å². The summed E-state index contributed by atoms with van der Waals surface area (Å²) in [7, 11) is 0. The van der Waals surface area contributed by atoms with E-state index in [1.807, 2.05) is 0 Å². The lowest BCUT2D eigenvalue weighted by molar-refractivity contribution is -0.135. The summed E-state index contributed by atoms with van der Waals surface area (Å²) < 4.78 is 49.0. The van der Waals surface area contributed by atoms with Crippen LogP contribution in [-0.4, -0.2) is 25.2 Å². The van der Waals surface area contributed by atoms with Gasteiger partial charge in [-0.1, -0.05) is 11.8 Å². The molecule has 21 heavy (non-hydrogen) atoms. The lowest BCUT2D eigenvalue weighted by Crippen LogP contribution is -2.26. The van der Waals surface area contributed by atoms with Gasteiger partial charge in [-0.15, -0.1) is 0 Å². The summed E-state index contributed by atoms with van der Waals surface area (Å²) in [5.74, 6) is 3.89. The van der Waals surface area contributed by atoms with E-state index in [2.05, 4.69) is 17.2 Å². The van der Waals surface area contributed by atoms with Gasteiger partial charge in [0, 0.05) is 18.5 Å². The minimum absolute atomic E-state index is 0.0448. The maximum atomic E-state index is 13.1. The Morgan fingerprint density at radius 2 is 2.05 bits per heavy atom. The standard InChI is InChI=1S/C14H14F4N2O/c15-11-4-5-12(10(9-11)3-1-7-19)13(21)20-8-2-6-14(16,17)18/h4-5,9H,2,6-8,19H2,(H,20,21). The highest BCUT2D eigenvalue weighted by Crippen LogP contribution is 2.20. The molecule has 1 amide bonds. The van der Waals surface area contributed by atoms with Crippen molar-refractivity contribution in [2.24, 2.45) is 5.73 Å². The topological polar surface area (TPSA) is 55.1 Å². The van der Waals surface area contributed by atoms with E-state index in [0.717, 1.165) is 12.1 Å². The van der Waals surface area contributed by atoms with E-state index >= 15 is 0 Å². The first kappa shape index (κ1) is 17.0. The fraction of sp³-hybridized carbons (Fsp3) is 0.357. The molecule has 3 nitrogen and oxygen atoms in total. The first-order valence-electron chi connectivity index (χ1n) is 6.17. The normalized spacial score (nSPS) is 10.7. The van der Waals surface area contributed by atoms with Gasteiger partial charge in [0.2, 0.25) is 0 Å². The molecule has 0 unspecified atom stereocenters. The number of alkyl halides is 3. The highest BCUT2D eigenvalue weighted by Gasteiger charge is 2.26. The number of hydrogen-bond acceptors (Lipinski definition) is 2. The number of halogens is 4. The number of rotatable bonds is 4. The fourth-order valence-electron chi connectivity index (χ4n) is 1.55. The Morgan fingerprint density at radius 1 is 1.33 bits per heavy atom. The van der Waals surface area contributed by atoms with E-state index in [9.17, 15) is 22.4 Å². The number of nitrogens with two attached hydrogens (primary N) is 1. The predicted octanol–water partition coefficient (Wildman–Crippen LogP) is 2.21. The van der Waals surface area contributed by atoms with Crippen molar-refractivity contribution >= 4 is 5.91 Å². The maximum absolute atomic E-state index is 13.1. The minimum Gasteiger partial charge on any atom is -0.352 e. The molecule has 0 saturated heterocycles. The molecule has 1 rings (SSSR count). The van der Waals surface area contributed by atoms with Gasteiger partial charge in [-0.25, -0.2) is 4.39 Å². The van der Waals surface area contributed by atoms with Crippen molar-refractivity contribution in [3.63, 3.8) is 0 Å². The van der Waals surface area contributed by atoms with Crippen LogP contribution < -0.4 is 11.1 Å². The Kier molecular flexibility index (Phi) is 6.18. The van der Waals surface area contributed by atoms with Crippen molar-refractivity contribution in [2.45, 2.75) is 19.0 Å². The summed E-state index contributed by atoms with van der Waals surface area (Å²) in [5.41, 5.74) is 5.45. The van der Waals surface area contributed by atoms with Crippen LogP contribution in [0.4, 0.5) is 17.6 Å². The molecule has 0 atom stereocenters. The van der Waals surface area contributed by atoms with E-state index in [-0.39, 0.29) is 30.6 Å². The van der Waals surface area contributed by atoms with E-state index in [0.29, 0.717) is 0 Å². The Morgan fingerprint density at radius 3 is 2.67 bits per heavy atom. The average molecular weight is 302 g/mol. The molecular formula is C14H14F4N2O. The maximum Gasteiger partial charge on any atom is 0.389 e. The zero-order valence-corrected chi connectivity index (χ0v) is 11.1. The molecule has 0 aliphatic heterocycles. The monoisotopic (exact) mass is 302 g/mol. The van der Waals surface area contributed by atoms with Crippen LogP contribution in [0.3, 0.4) is 0 Å². The van der Waals surface area contributed by atoms with Gasteiger partial charge in [-0.05, 0) is 24.6 Å². The van der Waals surface area contributed by atoms with Gasteiger partial charge in [-0.3, -0.25) is 4.79 Å². The average Bonchev–Trinajstić information content (AvgIpc) is 2.40. The summed E-state index contributed by atoms with van der Waals surface area (Å²) >= 11 is 0. The smallest absolute Gasteiger partial charge is 0.352 e. The molecule has 0 aliphatic carbocycles. The summed E-state index contributed by atoms with van der Waals surface area (Å²) in [6, 6.07) is 3.39. The SMILES string of the molecule is NCC#Cc1cc(F)ccc1C(=O)NCCCC(F)(F)F. The van der Waals surface area contributed by atoms with Crippen molar-refractivity contribution in [1.82, 2.24) is 5.32 Å². The zero-order chi connectivity index (χ0) is 15.9. The predicted molar refractivity (Wildman–Crippen MR) is 70.0 cm³/mol.